The summed E-state index contributed by atoms with van der Waals surface area (Å²) in [5.41, 5.74) is 4.69. The van der Waals surface area contributed by atoms with Gasteiger partial charge >= 0.3 is 12.1 Å². The van der Waals surface area contributed by atoms with Crippen LogP contribution in [0.5, 0.6) is 0 Å². The summed E-state index contributed by atoms with van der Waals surface area (Å²) in [6.07, 6.45) is 2.29. The Balaban J connectivity index is 1.31. The molecule has 0 radical (unpaired) electrons. The molecule has 0 heterocycles. The van der Waals surface area contributed by atoms with Gasteiger partial charge in [0, 0.05) is 23.9 Å². The summed E-state index contributed by atoms with van der Waals surface area (Å²) in [6, 6.07) is 15.9. The number of carboxylic acids is 1. The highest BCUT2D eigenvalue weighted by Crippen LogP contribution is 2.44. The molecule has 2 amide bonds. The van der Waals surface area contributed by atoms with E-state index in [-0.39, 0.29) is 42.7 Å². The fraction of sp³-hybridized carbons (Fsp3) is 0.464. The lowest BCUT2D eigenvalue weighted by molar-refractivity contribution is -0.138. The van der Waals surface area contributed by atoms with Gasteiger partial charge in [0.05, 0.1) is 6.42 Å². The zero-order valence-electron chi connectivity index (χ0n) is 20.3. The average Bonchev–Trinajstić information content (AvgIpc) is 3.16. The van der Waals surface area contributed by atoms with Gasteiger partial charge in [0.25, 0.3) is 0 Å². The van der Waals surface area contributed by atoms with Crippen LogP contribution in [0.3, 0.4) is 0 Å². The monoisotopic (exact) mass is 478 g/mol. The van der Waals surface area contributed by atoms with Gasteiger partial charge in [-0.1, -0.05) is 68.8 Å². The Hall–Kier alpha value is -3.35. The molecule has 3 N–H and O–H groups in total. The number of carboxylic acid groups (broad SMARTS) is 1. The molecule has 35 heavy (non-hydrogen) atoms. The molecule has 0 spiro atoms. The highest BCUT2D eigenvalue weighted by atomic mass is 16.5. The molecule has 2 aromatic rings. The van der Waals surface area contributed by atoms with Gasteiger partial charge in [0.2, 0.25) is 5.91 Å². The van der Waals surface area contributed by atoms with Crippen LogP contribution in [0.15, 0.2) is 48.5 Å². The smallest absolute Gasteiger partial charge is 0.407 e. The van der Waals surface area contributed by atoms with Crippen molar-refractivity contribution in [1.29, 1.82) is 0 Å². The van der Waals surface area contributed by atoms with E-state index >= 15 is 0 Å². The molecule has 0 bridgehead atoms. The van der Waals surface area contributed by atoms with Crippen molar-refractivity contribution in [3.05, 3.63) is 59.7 Å². The zero-order chi connectivity index (χ0) is 24.9. The second-order valence-corrected chi connectivity index (χ2v) is 9.99. The predicted octanol–water partition coefficient (Wildman–Crippen LogP) is 4.70. The summed E-state index contributed by atoms with van der Waals surface area (Å²) >= 11 is 0. The van der Waals surface area contributed by atoms with Crippen molar-refractivity contribution in [1.82, 2.24) is 10.6 Å². The van der Waals surface area contributed by atoms with E-state index in [4.69, 9.17) is 9.84 Å². The maximum Gasteiger partial charge on any atom is 0.407 e. The third-order valence-electron chi connectivity index (χ3n) is 7.24. The van der Waals surface area contributed by atoms with Crippen LogP contribution < -0.4 is 10.6 Å². The first-order valence-electron chi connectivity index (χ1n) is 12.5. The van der Waals surface area contributed by atoms with E-state index in [1.807, 2.05) is 38.1 Å². The maximum absolute atomic E-state index is 12.8. The first-order chi connectivity index (χ1) is 16.8. The predicted molar refractivity (Wildman–Crippen MR) is 133 cm³/mol. The van der Waals surface area contributed by atoms with E-state index < -0.39 is 18.1 Å². The Morgan fingerprint density at radius 1 is 1.00 bits per heavy atom. The van der Waals surface area contributed by atoms with Crippen molar-refractivity contribution in [3.8, 4) is 11.1 Å². The van der Waals surface area contributed by atoms with E-state index in [2.05, 4.69) is 34.9 Å². The molecule has 0 aliphatic heterocycles. The zero-order valence-corrected chi connectivity index (χ0v) is 20.3. The highest BCUT2D eigenvalue weighted by molar-refractivity contribution is 5.80. The first-order valence-corrected chi connectivity index (χ1v) is 12.5. The number of hydrogen-bond donors (Lipinski definition) is 3. The van der Waals surface area contributed by atoms with Crippen molar-refractivity contribution in [2.45, 2.75) is 64.0 Å². The van der Waals surface area contributed by atoms with Gasteiger partial charge in [0.1, 0.15) is 6.61 Å². The number of nitrogens with one attached hydrogen (secondary N) is 2. The summed E-state index contributed by atoms with van der Waals surface area (Å²) in [4.78, 5) is 36.6. The van der Waals surface area contributed by atoms with E-state index in [1.165, 1.54) is 11.1 Å². The molecule has 3 atom stereocenters. The summed E-state index contributed by atoms with van der Waals surface area (Å²) in [7, 11) is 0. The van der Waals surface area contributed by atoms with Crippen molar-refractivity contribution < 1.29 is 24.2 Å². The second kappa shape index (κ2) is 10.9. The standard InChI is InChI=1S/C28H34N2O5/c1-17(2)25(15-26(31)32)30-27(33)18-8-7-9-19(14-18)29-28(34)35-16-24-22-12-5-3-10-20(22)21-11-4-6-13-23(21)24/h3-6,10-13,17-19,24-25H,7-9,14-16H2,1-2H3,(H,29,34)(H,30,33)(H,31,32)/t18?,19?,25-/m1/s1. The highest BCUT2D eigenvalue weighted by Gasteiger charge is 2.32. The number of amides is 2. The molecule has 7 nitrogen and oxygen atoms in total. The maximum atomic E-state index is 12.8. The summed E-state index contributed by atoms with van der Waals surface area (Å²) in [6.45, 7) is 4.05. The summed E-state index contributed by atoms with van der Waals surface area (Å²) < 4.78 is 5.66. The van der Waals surface area contributed by atoms with Crippen LogP contribution in [0.2, 0.25) is 0 Å². The SMILES string of the molecule is CC(C)[C@@H](CC(=O)O)NC(=O)C1CCCC(NC(=O)OCC2c3ccccc3-c3ccccc32)C1. The number of carbonyl (C=O) groups is 3. The van der Waals surface area contributed by atoms with Crippen molar-refractivity contribution >= 4 is 18.0 Å². The second-order valence-electron chi connectivity index (χ2n) is 9.99. The Labute approximate surface area is 206 Å². The minimum Gasteiger partial charge on any atom is -0.481 e. The van der Waals surface area contributed by atoms with E-state index in [1.54, 1.807) is 0 Å². The lowest BCUT2D eigenvalue weighted by atomic mass is 9.84. The molecule has 4 rings (SSSR count). The van der Waals surface area contributed by atoms with Crippen LogP contribution in [0.1, 0.15) is 63.0 Å². The number of rotatable bonds is 8. The van der Waals surface area contributed by atoms with Gasteiger partial charge in [-0.2, -0.15) is 0 Å². The fourth-order valence-electron chi connectivity index (χ4n) is 5.31. The molecule has 0 saturated heterocycles. The van der Waals surface area contributed by atoms with E-state index in [0.717, 1.165) is 30.4 Å². The van der Waals surface area contributed by atoms with Crippen LogP contribution in [0.25, 0.3) is 11.1 Å². The van der Waals surface area contributed by atoms with E-state index in [0.29, 0.717) is 6.42 Å². The lowest BCUT2D eigenvalue weighted by Gasteiger charge is -2.30. The van der Waals surface area contributed by atoms with Crippen LogP contribution in [0, 0.1) is 11.8 Å². The Morgan fingerprint density at radius 2 is 1.63 bits per heavy atom. The Kier molecular flexibility index (Phi) is 7.73. The number of fused-ring (bicyclic) bond motifs is 3. The molecule has 2 aliphatic carbocycles. The lowest BCUT2D eigenvalue weighted by Crippen LogP contribution is -2.46. The summed E-state index contributed by atoms with van der Waals surface area (Å²) in [5, 5.41) is 15.0. The minimum absolute atomic E-state index is 0.000217. The third-order valence-corrected chi connectivity index (χ3v) is 7.24. The molecule has 186 valence electrons. The molecule has 7 heteroatoms. The molecule has 1 saturated carbocycles. The van der Waals surface area contributed by atoms with Gasteiger partial charge in [-0.3, -0.25) is 9.59 Å². The van der Waals surface area contributed by atoms with Crippen LogP contribution in [-0.2, 0) is 14.3 Å². The van der Waals surface area contributed by atoms with Crippen LogP contribution in [-0.4, -0.2) is 41.8 Å². The topological polar surface area (TPSA) is 105 Å². The molecule has 1 fully saturated rings. The minimum atomic E-state index is -0.928. The molecule has 2 unspecified atom stereocenters. The number of hydrogen-bond acceptors (Lipinski definition) is 4. The Bertz CT molecular complexity index is 1040. The van der Waals surface area contributed by atoms with Crippen LogP contribution >= 0.6 is 0 Å². The largest absolute Gasteiger partial charge is 0.481 e. The quantitative estimate of drug-likeness (QED) is 0.510. The molecule has 2 aromatic carbocycles. The number of alkyl carbamates (subject to hydrolysis) is 1. The molecule has 2 aliphatic rings. The first kappa shape index (κ1) is 24.8. The Morgan fingerprint density at radius 3 is 2.23 bits per heavy atom. The summed E-state index contributed by atoms with van der Waals surface area (Å²) in [5.74, 6) is -1.29. The number of carbonyl (C=O) groups excluding carboxylic acids is 2. The number of benzene rings is 2. The third kappa shape index (κ3) is 5.84. The molecule has 0 aromatic heterocycles. The average molecular weight is 479 g/mol. The molecular weight excluding hydrogens is 444 g/mol. The van der Waals surface area contributed by atoms with Crippen molar-refractivity contribution in [2.75, 3.05) is 6.61 Å². The van der Waals surface area contributed by atoms with Gasteiger partial charge in [-0.05, 0) is 47.4 Å². The van der Waals surface area contributed by atoms with Gasteiger partial charge < -0.3 is 20.5 Å². The number of ether oxygens (including phenoxy) is 1. The van der Waals surface area contributed by atoms with Gasteiger partial charge in [-0.25, -0.2) is 4.79 Å². The molecular formula is C28H34N2O5. The normalized spacial score (nSPS) is 20.0. The van der Waals surface area contributed by atoms with E-state index in [9.17, 15) is 14.4 Å². The van der Waals surface area contributed by atoms with Crippen molar-refractivity contribution in [3.63, 3.8) is 0 Å². The van der Waals surface area contributed by atoms with Gasteiger partial charge in [0.15, 0.2) is 0 Å². The van der Waals surface area contributed by atoms with Crippen LogP contribution in [0.4, 0.5) is 4.79 Å². The van der Waals surface area contributed by atoms with Crippen molar-refractivity contribution in [2.24, 2.45) is 11.8 Å². The van der Waals surface area contributed by atoms with Gasteiger partial charge in [-0.15, -0.1) is 0 Å². The fourth-order valence-corrected chi connectivity index (χ4v) is 5.31. The number of aliphatic carboxylic acids is 1.